The van der Waals surface area contributed by atoms with E-state index in [1.807, 2.05) is 6.92 Å². The number of nitrogens with zero attached hydrogens (tertiary/aromatic N) is 2. The van der Waals surface area contributed by atoms with Gasteiger partial charge < -0.3 is 9.64 Å². The lowest BCUT2D eigenvalue weighted by Gasteiger charge is -2.24. The molecule has 1 aromatic carbocycles. The van der Waals surface area contributed by atoms with Gasteiger partial charge in [0.05, 0.1) is 0 Å². The van der Waals surface area contributed by atoms with Crippen LogP contribution in [0.4, 0.5) is 5.69 Å². The lowest BCUT2D eigenvalue weighted by atomic mass is 10.2. The average molecular weight is 278 g/mol. The summed E-state index contributed by atoms with van der Waals surface area (Å²) in [6.45, 7) is 9.12. The molecule has 0 fully saturated rings. The van der Waals surface area contributed by atoms with Gasteiger partial charge in [-0.2, -0.15) is 0 Å². The molecule has 0 spiro atoms. The first-order valence-electron chi connectivity index (χ1n) is 7.15. The molecule has 0 unspecified atom stereocenters. The highest BCUT2D eigenvalue weighted by molar-refractivity contribution is 5.95. The molecule has 0 aliphatic heterocycles. The van der Waals surface area contributed by atoms with E-state index >= 15 is 0 Å². The van der Waals surface area contributed by atoms with Gasteiger partial charge >= 0.3 is 0 Å². The average Bonchev–Trinajstić information content (AvgIpc) is 2.47. The van der Waals surface area contributed by atoms with E-state index in [4.69, 9.17) is 10.6 Å². The van der Waals surface area contributed by atoms with E-state index in [1.54, 1.807) is 0 Å². The predicted octanol–water partition coefficient (Wildman–Crippen LogP) is 2.07. The lowest BCUT2D eigenvalue weighted by molar-refractivity contribution is 0.146. The van der Waals surface area contributed by atoms with Crippen molar-refractivity contribution < 1.29 is 4.74 Å². The van der Waals surface area contributed by atoms with Crippen LogP contribution in [0, 0.1) is 6.92 Å². The summed E-state index contributed by atoms with van der Waals surface area (Å²) in [5.74, 6) is 6.29. The summed E-state index contributed by atoms with van der Waals surface area (Å²) < 4.78 is 5.30. The zero-order valence-electron chi connectivity index (χ0n) is 12.7. The Bertz CT molecular complexity index is 403. The molecule has 0 bridgehead atoms. The van der Waals surface area contributed by atoms with Gasteiger partial charge in [-0.15, -0.1) is 0 Å². The van der Waals surface area contributed by atoms with Crippen molar-refractivity contribution in [3.63, 3.8) is 0 Å². The fraction of sp³-hybridized carbons (Fsp3) is 0.533. The van der Waals surface area contributed by atoms with Gasteiger partial charge in [0.2, 0.25) is 5.96 Å². The summed E-state index contributed by atoms with van der Waals surface area (Å²) in [5, 5.41) is 0. The maximum Gasteiger partial charge on any atom is 0.212 e. The van der Waals surface area contributed by atoms with Crippen LogP contribution in [0.3, 0.4) is 0 Å². The van der Waals surface area contributed by atoms with Gasteiger partial charge in [-0.25, -0.2) is 5.84 Å². The van der Waals surface area contributed by atoms with Gasteiger partial charge in [0.1, 0.15) is 0 Å². The van der Waals surface area contributed by atoms with Crippen molar-refractivity contribution in [2.24, 2.45) is 10.8 Å². The maximum atomic E-state index is 5.60. The number of guanidine groups is 1. The number of benzene rings is 1. The Morgan fingerprint density at radius 3 is 2.55 bits per heavy atom. The molecule has 5 nitrogen and oxygen atoms in total. The number of nitrogens with one attached hydrogen (secondary N) is 1. The number of anilines is 1. The quantitative estimate of drug-likeness (QED) is 0.263. The first-order valence-corrected chi connectivity index (χ1v) is 7.15. The van der Waals surface area contributed by atoms with Gasteiger partial charge in [-0.05, 0) is 39.3 Å². The molecule has 20 heavy (non-hydrogen) atoms. The van der Waals surface area contributed by atoms with Crippen LogP contribution < -0.4 is 16.2 Å². The second-order valence-electron chi connectivity index (χ2n) is 4.48. The highest BCUT2D eigenvalue weighted by Crippen LogP contribution is 2.14. The largest absolute Gasteiger partial charge is 0.382 e. The maximum absolute atomic E-state index is 5.60. The van der Waals surface area contributed by atoms with Crippen molar-refractivity contribution in [3.8, 4) is 0 Å². The minimum absolute atomic E-state index is 0.688. The Morgan fingerprint density at radius 1 is 1.30 bits per heavy atom. The molecule has 1 aromatic rings. The van der Waals surface area contributed by atoms with E-state index < -0.39 is 0 Å². The van der Waals surface area contributed by atoms with Crippen LogP contribution in [-0.4, -0.2) is 32.3 Å². The number of hydrazine groups is 1. The SMILES string of the molecule is CCOCCCN=C(NN)N(CC)c1ccc(C)cc1. The van der Waals surface area contributed by atoms with E-state index in [1.165, 1.54) is 5.56 Å². The van der Waals surface area contributed by atoms with Crippen molar-refractivity contribution in [3.05, 3.63) is 29.8 Å². The van der Waals surface area contributed by atoms with Gasteiger partial charge in [0.25, 0.3) is 0 Å². The van der Waals surface area contributed by atoms with Crippen molar-refractivity contribution in [1.82, 2.24) is 5.43 Å². The molecule has 5 heteroatoms. The summed E-state index contributed by atoms with van der Waals surface area (Å²) in [6, 6.07) is 8.32. The highest BCUT2D eigenvalue weighted by Gasteiger charge is 2.10. The third kappa shape index (κ3) is 5.19. The topological polar surface area (TPSA) is 62.9 Å². The number of nitrogens with two attached hydrogens (primary N) is 1. The number of ether oxygens (including phenoxy) is 1. The number of aliphatic imine (C=N–C) groups is 1. The molecule has 0 aliphatic rings. The molecular weight excluding hydrogens is 252 g/mol. The van der Waals surface area contributed by atoms with Crippen LogP contribution in [0.5, 0.6) is 0 Å². The molecule has 0 radical (unpaired) electrons. The van der Waals surface area contributed by atoms with Crippen molar-refractivity contribution in [1.29, 1.82) is 0 Å². The molecule has 0 atom stereocenters. The summed E-state index contributed by atoms with van der Waals surface area (Å²) in [6.07, 6.45) is 0.893. The van der Waals surface area contributed by atoms with Gasteiger partial charge in [0.15, 0.2) is 0 Å². The van der Waals surface area contributed by atoms with E-state index in [0.29, 0.717) is 12.5 Å². The Labute approximate surface area is 121 Å². The van der Waals surface area contributed by atoms with Crippen LogP contribution in [0.25, 0.3) is 0 Å². The number of hydrogen-bond donors (Lipinski definition) is 2. The van der Waals surface area contributed by atoms with Crippen molar-refractivity contribution in [2.75, 3.05) is 31.2 Å². The summed E-state index contributed by atoms with van der Waals surface area (Å²) in [5.41, 5.74) is 5.01. The first-order chi connectivity index (χ1) is 9.72. The van der Waals surface area contributed by atoms with Crippen molar-refractivity contribution in [2.45, 2.75) is 27.2 Å². The minimum Gasteiger partial charge on any atom is -0.382 e. The van der Waals surface area contributed by atoms with E-state index in [2.05, 4.69) is 53.4 Å². The molecule has 1 rings (SSSR count). The lowest BCUT2D eigenvalue weighted by Crippen LogP contribution is -2.45. The van der Waals surface area contributed by atoms with Crippen LogP contribution in [0.1, 0.15) is 25.8 Å². The molecule has 0 heterocycles. The Balaban J connectivity index is 2.68. The van der Waals surface area contributed by atoms with Gasteiger partial charge in [-0.3, -0.25) is 10.4 Å². The van der Waals surface area contributed by atoms with Crippen LogP contribution >= 0.6 is 0 Å². The number of aryl methyl sites for hydroxylation is 1. The van der Waals surface area contributed by atoms with Crippen LogP contribution in [-0.2, 0) is 4.74 Å². The van der Waals surface area contributed by atoms with Gasteiger partial charge in [0, 0.05) is 32.0 Å². The fourth-order valence-electron chi connectivity index (χ4n) is 1.88. The van der Waals surface area contributed by atoms with Crippen LogP contribution in [0.15, 0.2) is 29.3 Å². The van der Waals surface area contributed by atoms with E-state index in [-0.39, 0.29) is 0 Å². The third-order valence-electron chi connectivity index (χ3n) is 2.96. The molecule has 0 saturated carbocycles. The molecule has 0 aliphatic carbocycles. The minimum atomic E-state index is 0.688. The molecule has 3 N–H and O–H groups in total. The zero-order valence-corrected chi connectivity index (χ0v) is 12.7. The number of hydrogen-bond acceptors (Lipinski definition) is 3. The Morgan fingerprint density at radius 2 is 2.00 bits per heavy atom. The Kier molecular flexibility index (Phi) is 7.69. The molecule has 0 saturated heterocycles. The van der Waals surface area contributed by atoms with Gasteiger partial charge in [-0.1, -0.05) is 17.7 Å². The second-order valence-corrected chi connectivity index (χ2v) is 4.48. The van der Waals surface area contributed by atoms with Crippen LogP contribution in [0.2, 0.25) is 0 Å². The second kappa shape index (κ2) is 9.34. The summed E-state index contributed by atoms with van der Waals surface area (Å²) in [4.78, 5) is 6.57. The normalized spacial score (nSPS) is 11.5. The molecule has 0 amide bonds. The highest BCUT2D eigenvalue weighted by atomic mass is 16.5. The van der Waals surface area contributed by atoms with Crippen molar-refractivity contribution >= 4 is 11.6 Å². The number of rotatable bonds is 7. The predicted molar refractivity (Wildman–Crippen MR) is 84.9 cm³/mol. The first kappa shape index (κ1) is 16.5. The molecule has 0 aromatic heterocycles. The standard InChI is InChI=1S/C15H26N4O/c1-4-19(14-9-7-13(3)8-10-14)15(18-16)17-11-6-12-20-5-2/h7-10H,4-6,11-12,16H2,1-3H3,(H,17,18). The monoisotopic (exact) mass is 278 g/mol. The van der Waals surface area contributed by atoms with E-state index in [0.717, 1.165) is 31.9 Å². The smallest absolute Gasteiger partial charge is 0.212 e. The van der Waals surface area contributed by atoms with E-state index in [9.17, 15) is 0 Å². The summed E-state index contributed by atoms with van der Waals surface area (Å²) >= 11 is 0. The summed E-state index contributed by atoms with van der Waals surface area (Å²) in [7, 11) is 0. The zero-order chi connectivity index (χ0) is 14.8. The fourth-order valence-corrected chi connectivity index (χ4v) is 1.88. The molecular formula is C15H26N4O. The Hall–Kier alpha value is -1.59. The third-order valence-corrected chi connectivity index (χ3v) is 2.96. The molecule has 112 valence electrons.